The summed E-state index contributed by atoms with van der Waals surface area (Å²) in [6, 6.07) is 4.64. The fraction of sp³-hybridized carbons (Fsp3) is 0.667. The van der Waals surface area contributed by atoms with Crippen molar-refractivity contribution in [3.05, 3.63) is 28.8 Å². The zero-order valence-corrected chi connectivity index (χ0v) is 14.9. The summed E-state index contributed by atoms with van der Waals surface area (Å²) in [4.78, 5) is 0. The fourth-order valence-electron chi connectivity index (χ4n) is 3.71. The van der Waals surface area contributed by atoms with E-state index in [0.29, 0.717) is 0 Å². The van der Waals surface area contributed by atoms with Crippen LogP contribution in [0.2, 0.25) is 0 Å². The molecular weight excluding hydrogens is 310 g/mol. The van der Waals surface area contributed by atoms with E-state index in [0.717, 1.165) is 38.0 Å². The smallest absolute Gasteiger partial charge is 0.151 e. The third kappa shape index (κ3) is 3.89. The monoisotopic (exact) mass is 337 g/mol. The minimum Gasteiger partial charge on any atom is -0.493 e. The molecule has 23 heavy (non-hydrogen) atoms. The lowest BCUT2D eigenvalue weighted by atomic mass is 9.97. The van der Waals surface area contributed by atoms with Crippen LogP contribution >= 0.6 is 0 Å². The Morgan fingerprint density at radius 2 is 2.00 bits per heavy atom. The van der Waals surface area contributed by atoms with Gasteiger partial charge in [-0.15, -0.1) is 0 Å². The van der Waals surface area contributed by atoms with Crippen LogP contribution in [0.25, 0.3) is 0 Å². The molecule has 128 valence electrons. The summed E-state index contributed by atoms with van der Waals surface area (Å²) in [5, 5.41) is 3.54. The van der Waals surface area contributed by atoms with Gasteiger partial charge in [0.15, 0.2) is 9.84 Å². The first-order chi connectivity index (χ1) is 11.0. The maximum Gasteiger partial charge on any atom is 0.151 e. The molecule has 2 aliphatic rings. The molecule has 1 heterocycles. The zero-order valence-electron chi connectivity index (χ0n) is 14.1. The first-order valence-electron chi connectivity index (χ1n) is 8.73. The summed E-state index contributed by atoms with van der Waals surface area (Å²) in [5.41, 5.74) is 4.07. The Kier molecular flexibility index (Phi) is 4.97. The fourth-order valence-corrected chi connectivity index (χ4v) is 4.80. The lowest BCUT2D eigenvalue weighted by molar-refractivity contribution is 0.314. The summed E-state index contributed by atoms with van der Waals surface area (Å²) < 4.78 is 29.7. The molecule has 0 saturated heterocycles. The van der Waals surface area contributed by atoms with Gasteiger partial charge in [0.1, 0.15) is 5.75 Å². The molecule has 0 aromatic heterocycles. The Bertz CT molecular complexity index is 669. The number of rotatable bonds is 5. The molecule has 0 fully saturated rings. The summed E-state index contributed by atoms with van der Waals surface area (Å²) >= 11 is 0. The van der Waals surface area contributed by atoms with E-state index in [9.17, 15) is 8.42 Å². The van der Waals surface area contributed by atoms with Crippen LogP contribution in [-0.4, -0.2) is 32.6 Å². The topological polar surface area (TPSA) is 55.4 Å². The van der Waals surface area contributed by atoms with Crippen LogP contribution in [0, 0.1) is 0 Å². The zero-order chi connectivity index (χ0) is 16.4. The molecule has 0 bridgehead atoms. The Balaban J connectivity index is 1.81. The highest BCUT2D eigenvalue weighted by Crippen LogP contribution is 2.37. The molecule has 1 aliphatic carbocycles. The second-order valence-corrected chi connectivity index (χ2v) is 9.22. The van der Waals surface area contributed by atoms with Gasteiger partial charge in [-0.1, -0.05) is 13.0 Å². The number of sulfone groups is 1. The third-order valence-electron chi connectivity index (χ3n) is 4.92. The maximum atomic E-state index is 11.9. The minimum atomic E-state index is -2.96. The molecule has 0 radical (unpaired) electrons. The number of nitrogens with one attached hydrogen (secondary N) is 1. The second-order valence-electron chi connectivity index (χ2n) is 6.82. The van der Waals surface area contributed by atoms with Crippen molar-refractivity contribution in [3.63, 3.8) is 0 Å². The highest BCUT2D eigenvalue weighted by molar-refractivity contribution is 7.91. The highest BCUT2D eigenvalue weighted by atomic mass is 32.2. The summed E-state index contributed by atoms with van der Waals surface area (Å²) in [6.07, 6.45) is 5.50. The number of hydrogen-bond donors (Lipinski definition) is 1. The van der Waals surface area contributed by atoms with Crippen LogP contribution < -0.4 is 10.1 Å². The number of hydrogen-bond acceptors (Lipinski definition) is 4. The predicted molar refractivity (Wildman–Crippen MR) is 92.9 cm³/mol. The standard InChI is InChI=1S/C18H27NO3S/c1-3-23(20,21)12-13(2)19-17-8-5-9-22-18-11-15-7-4-6-14(15)10-16(17)18/h10-11,13,17,19H,3-9,12H2,1-2H3/t13-,17+/m1/s1. The van der Waals surface area contributed by atoms with Gasteiger partial charge in [0.25, 0.3) is 0 Å². The van der Waals surface area contributed by atoms with Gasteiger partial charge in [-0.2, -0.15) is 0 Å². The molecule has 0 saturated carbocycles. The van der Waals surface area contributed by atoms with Gasteiger partial charge in [-0.25, -0.2) is 8.42 Å². The molecule has 3 rings (SSSR count). The number of aryl methyl sites for hydroxylation is 2. The van der Waals surface area contributed by atoms with E-state index in [1.165, 1.54) is 23.1 Å². The van der Waals surface area contributed by atoms with E-state index < -0.39 is 9.84 Å². The van der Waals surface area contributed by atoms with Crippen molar-refractivity contribution in [1.82, 2.24) is 5.32 Å². The lowest BCUT2D eigenvalue weighted by Crippen LogP contribution is -2.36. The van der Waals surface area contributed by atoms with E-state index in [4.69, 9.17) is 4.74 Å². The van der Waals surface area contributed by atoms with Crippen molar-refractivity contribution in [2.75, 3.05) is 18.1 Å². The average Bonchev–Trinajstić information content (AvgIpc) is 2.87. The summed E-state index contributed by atoms with van der Waals surface area (Å²) in [5.74, 6) is 1.39. The van der Waals surface area contributed by atoms with Crippen molar-refractivity contribution >= 4 is 9.84 Å². The normalized spacial score (nSPS) is 21.9. The number of benzene rings is 1. The van der Waals surface area contributed by atoms with Gasteiger partial charge < -0.3 is 10.1 Å². The maximum absolute atomic E-state index is 11.9. The Morgan fingerprint density at radius 1 is 1.26 bits per heavy atom. The molecule has 0 unspecified atom stereocenters. The average molecular weight is 337 g/mol. The van der Waals surface area contributed by atoms with Gasteiger partial charge in [-0.05, 0) is 56.2 Å². The molecule has 0 amide bonds. The third-order valence-corrected chi connectivity index (χ3v) is 6.81. The Hall–Kier alpha value is -1.07. The molecule has 1 N–H and O–H groups in total. The Labute approximate surface area is 139 Å². The minimum absolute atomic E-state index is 0.0517. The second kappa shape index (κ2) is 6.81. The van der Waals surface area contributed by atoms with Crippen LogP contribution in [-0.2, 0) is 22.7 Å². The molecule has 5 heteroatoms. The Morgan fingerprint density at radius 3 is 2.74 bits per heavy atom. The van der Waals surface area contributed by atoms with Crippen molar-refractivity contribution in [1.29, 1.82) is 0 Å². The van der Waals surface area contributed by atoms with Crippen molar-refractivity contribution in [2.24, 2.45) is 0 Å². The SMILES string of the molecule is CCS(=O)(=O)C[C@@H](C)N[C@H]1CCCOc2cc3c(cc21)CCC3. The first-order valence-corrected chi connectivity index (χ1v) is 10.6. The van der Waals surface area contributed by atoms with E-state index in [2.05, 4.69) is 17.4 Å². The lowest BCUT2D eigenvalue weighted by Gasteiger charge is -2.24. The summed E-state index contributed by atoms with van der Waals surface area (Å²) in [6.45, 7) is 4.41. The van der Waals surface area contributed by atoms with E-state index in [-0.39, 0.29) is 23.6 Å². The molecule has 0 spiro atoms. The van der Waals surface area contributed by atoms with Gasteiger partial charge in [-0.3, -0.25) is 0 Å². The van der Waals surface area contributed by atoms with Crippen LogP contribution in [0.15, 0.2) is 12.1 Å². The molecule has 2 atom stereocenters. The quantitative estimate of drug-likeness (QED) is 0.898. The van der Waals surface area contributed by atoms with Crippen molar-refractivity contribution in [2.45, 2.75) is 58.0 Å². The van der Waals surface area contributed by atoms with Crippen LogP contribution in [0.1, 0.15) is 55.8 Å². The largest absolute Gasteiger partial charge is 0.493 e. The molecule has 4 nitrogen and oxygen atoms in total. The van der Waals surface area contributed by atoms with E-state index in [1.807, 2.05) is 6.92 Å². The summed E-state index contributed by atoms with van der Waals surface area (Å²) in [7, 11) is -2.96. The van der Waals surface area contributed by atoms with Crippen LogP contribution in [0.3, 0.4) is 0 Å². The number of fused-ring (bicyclic) bond motifs is 2. The molecular formula is C18H27NO3S. The van der Waals surface area contributed by atoms with Crippen molar-refractivity contribution < 1.29 is 13.2 Å². The highest BCUT2D eigenvalue weighted by Gasteiger charge is 2.25. The van der Waals surface area contributed by atoms with Gasteiger partial charge in [0.05, 0.1) is 12.4 Å². The number of ether oxygens (including phenoxy) is 1. The molecule has 1 aromatic rings. The van der Waals surface area contributed by atoms with Crippen molar-refractivity contribution in [3.8, 4) is 5.75 Å². The molecule has 1 aromatic carbocycles. The van der Waals surface area contributed by atoms with Gasteiger partial charge in [0.2, 0.25) is 0 Å². The van der Waals surface area contributed by atoms with Crippen LogP contribution in [0.4, 0.5) is 0 Å². The van der Waals surface area contributed by atoms with E-state index in [1.54, 1.807) is 6.92 Å². The van der Waals surface area contributed by atoms with Gasteiger partial charge in [0, 0.05) is 23.4 Å². The predicted octanol–water partition coefficient (Wildman–Crippen LogP) is 2.80. The van der Waals surface area contributed by atoms with Crippen LogP contribution in [0.5, 0.6) is 5.75 Å². The molecule has 1 aliphatic heterocycles. The van der Waals surface area contributed by atoms with Gasteiger partial charge >= 0.3 is 0 Å². The van der Waals surface area contributed by atoms with E-state index >= 15 is 0 Å². The first kappa shape index (κ1) is 16.8.